The zero-order valence-corrected chi connectivity index (χ0v) is 18.3. The zero-order valence-electron chi connectivity index (χ0n) is 16.8. The van der Waals surface area contributed by atoms with Gasteiger partial charge in [0.05, 0.1) is 11.1 Å². The van der Waals surface area contributed by atoms with Gasteiger partial charge in [-0.15, -0.1) is 0 Å². The average molecular weight is 491 g/mol. The number of hydrogen-bond acceptors (Lipinski definition) is 2. The second-order valence-corrected chi connectivity index (χ2v) is 8.07. The fraction of sp³-hybridized carbons (Fsp3) is 0.0833. The Morgan fingerprint density at radius 3 is 2.42 bits per heavy atom. The first-order valence-corrected chi connectivity index (χ1v) is 10.5. The molecule has 9 heteroatoms. The maximum Gasteiger partial charge on any atom is 0.416 e. The smallest absolute Gasteiger partial charge is 0.348 e. The van der Waals surface area contributed by atoms with Crippen molar-refractivity contribution in [3.8, 4) is 5.69 Å². The number of alkyl halides is 3. The van der Waals surface area contributed by atoms with Crippen molar-refractivity contribution in [3.05, 3.63) is 110 Å². The Balaban J connectivity index is 1.79. The maximum absolute atomic E-state index is 13.3. The summed E-state index contributed by atoms with van der Waals surface area (Å²) in [7, 11) is 0. The molecule has 168 valence electrons. The van der Waals surface area contributed by atoms with Gasteiger partial charge in [0.15, 0.2) is 0 Å². The standard InChI is InChI=1S/C24H15Cl2F3N2O2/c25-17-9-8-15(20(26)12-17)13-30-22(32)19-10-14-4-1-2-7-21(14)31(23(19)33)18-6-3-5-16(11-18)24(27,28)29/h1-12H,13H2,(H,30,32). The summed E-state index contributed by atoms with van der Waals surface area (Å²) in [6, 6.07) is 17.3. The van der Waals surface area contributed by atoms with Crippen LogP contribution in [0.3, 0.4) is 0 Å². The highest BCUT2D eigenvalue weighted by Gasteiger charge is 2.31. The third kappa shape index (κ3) is 4.74. The van der Waals surface area contributed by atoms with Crippen LogP contribution in [0.1, 0.15) is 21.5 Å². The van der Waals surface area contributed by atoms with Crippen LogP contribution in [0.4, 0.5) is 13.2 Å². The van der Waals surface area contributed by atoms with Crippen molar-refractivity contribution < 1.29 is 18.0 Å². The number of para-hydroxylation sites is 1. The van der Waals surface area contributed by atoms with Crippen LogP contribution < -0.4 is 10.9 Å². The summed E-state index contributed by atoms with van der Waals surface area (Å²) in [5.74, 6) is -0.683. The van der Waals surface area contributed by atoms with Crippen molar-refractivity contribution in [2.45, 2.75) is 12.7 Å². The fourth-order valence-electron chi connectivity index (χ4n) is 3.44. The van der Waals surface area contributed by atoms with Gasteiger partial charge in [-0.25, -0.2) is 0 Å². The van der Waals surface area contributed by atoms with Crippen LogP contribution in [0.2, 0.25) is 10.0 Å². The van der Waals surface area contributed by atoms with Gasteiger partial charge >= 0.3 is 6.18 Å². The minimum absolute atomic E-state index is 0.00132. The summed E-state index contributed by atoms with van der Waals surface area (Å²) < 4.78 is 40.9. The van der Waals surface area contributed by atoms with Crippen LogP contribution in [-0.2, 0) is 12.7 Å². The lowest BCUT2D eigenvalue weighted by Crippen LogP contribution is -2.32. The van der Waals surface area contributed by atoms with E-state index >= 15 is 0 Å². The molecule has 0 fully saturated rings. The van der Waals surface area contributed by atoms with Crippen LogP contribution in [0, 0.1) is 0 Å². The number of benzene rings is 3. The van der Waals surface area contributed by atoms with Gasteiger partial charge in [-0.3, -0.25) is 14.2 Å². The van der Waals surface area contributed by atoms with Crippen LogP contribution >= 0.6 is 23.2 Å². The molecule has 33 heavy (non-hydrogen) atoms. The normalized spacial score (nSPS) is 11.5. The molecule has 1 N–H and O–H groups in total. The molecule has 0 aliphatic heterocycles. The third-order valence-corrected chi connectivity index (χ3v) is 5.63. The Bertz CT molecular complexity index is 1430. The van der Waals surface area contributed by atoms with E-state index in [1.165, 1.54) is 24.3 Å². The minimum Gasteiger partial charge on any atom is -0.348 e. The third-order valence-electron chi connectivity index (χ3n) is 5.04. The highest BCUT2D eigenvalue weighted by atomic mass is 35.5. The summed E-state index contributed by atoms with van der Waals surface area (Å²) >= 11 is 12.0. The Morgan fingerprint density at radius 2 is 1.70 bits per heavy atom. The summed E-state index contributed by atoms with van der Waals surface area (Å²) in [5.41, 5.74) is -0.888. The molecule has 3 aromatic carbocycles. The SMILES string of the molecule is O=C(NCc1ccc(Cl)cc1Cl)c1cc2ccccc2n(-c2cccc(C(F)(F)F)c2)c1=O. The number of halogens is 5. The molecule has 4 nitrogen and oxygen atoms in total. The van der Waals surface area contributed by atoms with E-state index < -0.39 is 23.2 Å². The average Bonchev–Trinajstić information content (AvgIpc) is 2.77. The topological polar surface area (TPSA) is 51.1 Å². The Labute approximate surface area is 196 Å². The predicted molar refractivity (Wildman–Crippen MR) is 122 cm³/mol. The summed E-state index contributed by atoms with van der Waals surface area (Å²) in [6.07, 6.45) is -4.58. The highest BCUT2D eigenvalue weighted by molar-refractivity contribution is 6.35. The maximum atomic E-state index is 13.3. The van der Waals surface area contributed by atoms with E-state index in [-0.39, 0.29) is 17.8 Å². The number of nitrogens with one attached hydrogen (secondary N) is 1. The second-order valence-electron chi connectivity index (χ2n) is 7.22. The van der Waals surface area contributed by atoms with Gasteiger partial charge in [0.1, 0.15) is 5.56 Å². The van der Waals surface area contributed by atoms with Crippen molar-refractivity contribution in [3.63, 3.8) is 0 Å². The highest BCUT2D eigenvalue weighted by Crippen LogP contribution is 2.31. The molecule has 4 rings (SSSR count). The number of nitrogens with zero attached hydrogens (tertiary/aromatic N) is 1. The number of rotatable bonds is 4. The van der Waals surface area contributed by atoms with E-state index in [9.17, 15) is 22.8 Å². The van der Waals surface area contributed by atoms with Crippen molar-refractivity contribution in [1.29, 1.82) is 0 Å². The molecule has 0 saturated heterocycles. The fourth-order valence-corrected chi connectivity index (χ4v) is 3.91. The largest absolute Gasteiger partial charge is 0.416 e. The van der Waals surface area contributed by atoms with Gasteiger partial charge in [-0.2, -0.15) is 13.2 Å². The molecule has 4 aromatic rings. The van der Waals surface area contributed by atoms with Gasteiger partial charge in [-0.05, 0) is 53.4 Å². The van der Waals surface area contributed by atoms with E-state index in [0.29, 0.717) is 26.5 Å². The molecular formula is C24H15Cl2F3N2O2. The number of fused-ring (bicyclic) bond motifs is 1. The number of carbonyl (C=O) groups excluding carboxylic acids is 1. The molecule has 1 aromatic heterocycles. The number of amides is 1. The summed E-state index contributed by atoms with van der Waals surface area (Å²) in [4.78, 5) is 26.2. The quantitative estimate of drug-likeness (QED) is 0.367. The van der Waals surface area contributed by atoms with Crippen LogP contribution in [0.25, 0.3) is 16.6 Å². The van der Waals surface area contributed by atoms with Crippen LogP contribution in [0.15, 0.2) is 77.6 Å². The molecule has 0 radical (unpaired) electrons. The van der Waals surface area contributed by atoms with Gasteiger partial charge in [0.25, 0.3) is 11.5 Å². The lowest BCUT2D eigenvalue weighted by Gasteiger charge is -2.15. The molecule has 0 spiro atoms. The Kier molecular flexibility index (Phi) is 6.19. The van der Waals surface area contributed by atoms with E-state index in [1.807, 2.05) is 0 Å². The molecule has 0 bridgehead atoms. The molecule has 0 aliphatic carbocycles. The predicted octanol–water partition coefficient (Wildman–Crippen LogP) is 6.25. The van der Waals surface area contributed by atoms with Gasteiger partial charge < -0.3 is 5.32 Å². The van der Waals surface area contributed by atoms with Crippen LogP contribution in [-0.4, -0.2) is 10.5 Å². The lowest BCUT2D eigenvalue weighted by atomic mass is 10.1. The number of pyridine rings is 1. The zero-order chi connectivity index (χ0) is 23.8. The first-order chi connectivity index (χ1) is 15.6. The first kappa shape index (κ1) is 22.9. The number of carbonyl (C=O) groups is 1. The molecule has 1 heterocycles. The molecule has 0 atom stereocenters. The number of aromatic nitrogens is 1. The van der Waals surface area contributed by atoms with Crippen molar-refractivity contribution in [2.75, 3.05) is 0 Å². The first-order valence-electron chi connectivity index (χ1n) is 9.70. The molecular weight excluding hydrogens is 476 g/mol. The van der Waals surface area contributed by atoms with E-state index in [4.69, 9.17) is 23.2 Å². The Hall–Kier alpha value is -3.29. The van der Waals surface area contributed by atoms with Crippen LogP contribution in [0.5, 0.6) is 0 Å². The Morgan fingerprint density at radius 1 is 0.939 bits per heavy atom. The second kappa shape index (κ2) is 8.92. The van der Waals surface area contributed by atoms with Gasteiger partial charge in [-0.1, -0.05) is 53.5 Å². The van der Waals surface area contributed by atoms with E-state index in [1.54, 1.807) is 36.4 Å². The molecule has 1 amide bonds. The van der Waals surface area contributed by atoms with Crippen molar-refractivity contribution in [1.82, 2.24) is 9.88 Å². The summed E-state index contributed by atoms with van der Waals surface area (Å²) in [5, 5.41) is 3.94. The van der Waals surface area contributed by atoms with Crippen molar-refractivity contribution >= 4 is 40.0 Å². The van der Waals surface area contributed by atoms with E-state index in [2.05, 4.69) is 5.32 Å². The monoisotopic (exact) mass is 490 g/mol. The number of hydrogen-bond donors (Lipinski definition) is 1. The summed E-state index contributed by atoms with van der Waals surface area (Å²) in [6.45, 7) is 0.0324. The lowest BCUT2D eigenvalue weighted by molar-refractivity contribution is -0.137. The molecule has 0 unspecified atom stereocenters. The van der Waals surface area contributed by atoms with Gasteiger partial charge in [0, 0.05) is 22.3 Å². The van der Waals surface area contributed by atoms with Crippen molar-refractivity contribution in [2.24, 2.45) is 0 Å². The molecule has 0 saturated carbocycles. The van der Waals surface area contributed by atoms with E-state index in [0.717, 1.165) is 16.7 Å². The van der Waals surface area contributed by atoms with Gasteiger partial charge in [0.2, 0.25) is 0 Å². The molecule has 0 aliphatic rings. The minimum atomic E-state index is -4.58.